The number of benzene rings is 1. The zero-order chi connectivity index (χ0) is 14.2. The first-order chi connectivity index (χ1) is 9.60. The summed E-state index contributed by atoms with van der Waals surface area (Å²) in [6, 6.07) is 6.56. The standard InChI is InChI=1S/C16H18FNOS/c17-12-5-4-11(6-7-18)15(8-12)16(19)9-13-2-1-3-14(10-16)20-13/h4-5,8,13-14,19H,1-3,6,9-10H2. The van der Waals surface area contributed by atoms with Crippen LogP contribution in [-0.4, -0.2) is 15.6 Å². The molecule has 1 aromatic rings. The van der Waals surface area contributed by atoms with Gasteiger partial charge >= 0.3 is 0 Å². The fraction of sp³-hybridized carbons (Fsp3) is 0.562. The van der Waals surface area contributed by atoms with Crippen molar-refractivity contribution in [2.45, 2.75) is 54.6 Å². The molecule has 2 atom stereocenters. The molecule has 2 heterocycles. The molecule has 0 aliphatic carbocycles. The Bertz CT molecular complexity index is 542. The summed E-state index contributed by atoms with van der Waals surface area (Å²) in [5, 5.41) is 20.9. The Hall–Kier alpha value is -1.05. The SMILES string of the molecule is N#CCc1ccc(F)cc1C1(O)CC2CCCC(C1)S2. The molecule has 2 saturated heterocycles. The Morgan fingerprint density at radius 1 is 1.35 bits per heavy atom. The van der Waals surface area contributed by atoms with Gasteiger partial charge < -0.3 is 5.11 Å². The van der Waals surface area contributed by atoms with E-state index in [-0.39, 0.29) is 12.2 Å². The molecule has 4 heteroatoms. The maximum absolute atomic E-state index is 13.6. The molecule has 1 N–H and O–H groups in total. The topological polar surface area (TPSA) is 44.0 Å². The summed E-state index contributed by atoms with van der Waals surface area (Å²) in [5.74, 6) is -0.335. The highest BCUT2D eigenvalue weighted by Crippen LogP contribution is 2.50. The van der Waals surface area contributed by atoms with Gasteiger partial charge in [0.25, 0.3) is 0 Å². The van der Waals surface area contributed by atoms with Crippen molar-refractivity contribution >= 4 is 11.8 Å². The van der Waals surface area contributed by atoms with E-state index in [0.29, 0.717) is 28.9 Å². The lowest BCUT2D eigenvalue weighted by Crippen LogP contribution is -2.41. The largest absolute Gasteiger partial charge is 0.385 e. The first-order valence-electron chi connectivity index (χ1n) is 7.14. The van der Waals surface area contributed by atoms with Crippen LogP contribution >= 0.6 is 11.8 Å². The van der Waals surface area contributed by atoms with Crippen LogP contribution in [0.2, 0.25) is 0 Å². The van der Waals surface area contributed by atoms with Crippen LogP contribution in [0.3, 0.4) is 0 Å². The third-order valence-electron chi connectivity index (χ3n) is 4.41. The van der Waals surface area contributed by atoms with Gasteiger partial charge in [-0.1, -0.05) is 12.5 Å². The summed E-state index contributed by atoms with van der Waals surface area (Å²) < 4.78 is 13.6. The molecule has 1 aromatic carbocycles. The van der Waals surface area contributed by atoms with Gasteiger partial charge in [-0.2, -0.15) is 17.0 Å². The molecule has 0 amide bonds. The molecule has 2 aliphatic heterocycles. The van der Waals surface area contributed by atoms with E-state index in [1.807, 2.05) is 11.8 Å². The van der Waals surface area contributed by atoms with Crippen LogP contribution in [0.15, 0.2) is 18.2 Å². The first kappa shape index (κ1) is 13.9. The number of nitrogens with zero attached hydrogens (tertiary/aromatic N) is 1. The van der Waals surface area contributed by atoms with Crippen LogP contribution in [0, 0.1) is 17.1 Å². The molecule has 0 radical (unpaired) electrons. The van der Waals surface area contributed by atoms with Gasteiger partial charge in [0.15, 0.2) is 0 Å². The molecule has 2 aliphatic rings. The van der Waals surface area contributed by atoms with E-state index >= 15 is 0 Å². The highest BCUT2D eigenvalue weighted by atomic mass is 32.2. The lowest BCUT2D eigenvalue weighted by atomic mass is 9.78. The number of nitriles is 1. The molecule has 2 nitrogen and oxygen atoms in total. The monoisotopic (exact) mass is 291 g/mol. The number of rotatable bonds is 2. The molecular weight excluding hydrogens is 273 g/mol. The number of halogens is 1. The summed E-state index contributed by atoms with van der Waals surface area (Å²) in [4.78, 5) is 0. The molecule has 2 fully saturated rings. The predicted molar refractivity (Wildman–Crippen MR) is 77.9 cm³/mol. The van der Waals surface area contributed by atoms with Crippen molar-refractivity contribution in [1.82, 2.24) is 0 Å². The van der Waals surface area contributed by atoms with Crippen LogP contribution in [0.1, 0.15) is 43.2 Å². The van der Waals surface area contributed by atoms with Crippen LogP contribution < -0.4 is 0 Å². The van der Waals surface area contributed by atoms with Crippen LogP contribution in [-0.2, 0) is 12.0 Å². The number of aliphatic hydroxyl groups is 1. The average Bonchev–Trinajstić information content (AvgIpc) is 2.40. The molecule has 3 rings (SSSR count). The van der Waals surface area contributed by atoms with Gasteiger partial charge in [-0.15, -0.1) is 0 Å². The van der Waals surface area contributed by atoms with Crippen molar-refractivity contribution in [1.29, 1.82) is 5.26 Å². The van der Waals surface area contributed by atoms with Crippen LogP contribution in [0.5, 0.6) is 0 Å². The minimum absolute atomic E-state index is 0.223. The van der Waals surface area contributed by atoms with Gasteiger partial charge in [-0.3, -0.25) is 0 Å². The second-order valence-electron chi connectivity index (χ2n) is 5.89. The van der Waals surface area contributed by atoms with Crippen molar-refractivity contribution in [3.63, 3.8) is 0 Å². The molecule has 0 aromatic heterocycles. The number of thioether (sulfide) groups is 1. The Labute approximate surface area is 123 Å². The fourth-order valence-electron chi connectivity index (χ4n) is 3.56. The van der Waals surface area contributed by atoms with Gasteiger partial charge in [-0.25, -0.2) is 4.39 Å². The zero-order valence-electron chi connectivity index (χ0n) is 11.3. The molecule has 106 valence electrons. The highest BCUT2D eigenvalue weighted by Gasteiger charge is 2.43. The summed E-state index contributed by atoms with van der Waals surface area (Å²) >= 11 is 1.97. The predicted octanol–water partition coefficient (Wildman–Crippen LogP) is 3.53. The van der Waals surface area contributed by atoms with Gasteiger partial charge in [0.2, 0.25) is 0 Å². The normalized spacial score (nSPS) is 32.6. The van der Waals surface area contributed by atoms with Gasteiger partial charge in [0.05, 0.1) is 18.1 Å². The van der Waals surface area contributed by atoms with Crippen molar-refractivity contribution in [2.75, 3.05) is 0 Å². The Morgan fingerprint density at radius 3 is 2.70 bits per heavy atom. The summed E-state index contributed by atoms with van der Waals surface area (Å²) in [5.41, 5.74) is 0.438. The Kier molecular flexibility index (Phi) is 3.74. The quantitative estimate of drug-likeness (QED) is 0.906. The summed E-state index contributed by atoms with van der Waals surface area (Å²) in [6.07, 6.45) is 5.07. The number of fused-ring (bicyclic) bond motifs is 2. The summed E-state index contributed by atoms with van der Waals surface area (Å²) in [7, 11) is 0. The van der Waals surface area contributed by atoms with Crippen LogP contribution in [0.25, 0.3) is 0 Å². The Morgan fingerprint density at radius 2 is 2.05 bits per heavy atom. The molecular formula is C16H18FNOS. The Balaban J connectivity index is 1.98. The molecule has 2 bridgehead atoms. The van der Waals surface area contributed by atoms with E-state index in [1.54, 1.807) is 6.07 Å². The number of hydrogen-bond acceptors (Lipinski definition) is 3. The van der Waals surface area contributed by atoms with E-state index in [0.717, 1.165) is 18.4 Å². The van der Waals surface area contributed by atoms with E-state index in [1.165, 1.54) is 18.6 Å². The van der Waals surface area contributed by atoms with Crippen molar-refractivity contribution in [2.24, 2.45) is 0 Å². The average molecular weight is 291 g/mol. The molecule has 20 heavy (non-hydrogen) atoms. The molecule has 0 saturated carbocycles. The maximum Gasteiger partial charge on any atom is 0.123 e. The van der Waals surface area contributed by atoms with Crippen molar-refractivity contribution < 1.29 is 9.50 Å². The molecule has 0 spiro atoms. The van der Waals surface area contributed by atoms with Crippen molar-refractivity contribution in [3.8, 4) is 6.07 Å². The third-order valence-corrected chi connectivity index (χ3v) is 5.99. The highest BCUT2D eigenvalue weighted by molar-refractivity contribution is 8.00. The maximum atomic E-state index is 13.6. The molecule has 2 unspecified atom stereocenters. The zero-order valence-corrected chi connectivity index (χ0v) is 12.1. The second kappa shape index (κ2) is 5.38. The lowest BCUT2D eigenvalue weighted by Gasteiger charge is -2.44. The number of hydrogen-bond donors (Lipinski definition) is 1. The minimum Gasteiger partial charge on any atom is -0.385 e. The van der Waals surface area contributed by atoms with E-state index < -0.39 is 5.60 Å². The van der Waals surface area contributed by atoms with Gasteiger partial charge in [-0.05, 0) is 48.9 Å². The van der Waals surface area contributed by atoms with Crippen molar-refractivity contribution in [3.05, 3.63) is 35.1 Å². The lowest BCUT2D eigenvalue weighted by molar-refractivity contribution is 0.00717. The fourth-order valence-corrected chi connectivity index (χ4v) is 5.45. The third kappa shape index (κ3) is 2.57. The van der Waals surface area contributed by atoms with E-state index in [9.17, 15) is 9.50 Å². The van der Waals surface area contributed by atoms with E-state index in [4.69, 9.17) is 5.26 Å². The first-order valence-corrected chi connectivity index (χ1v) is 8.09. The van der Waals surface area contributed by atoms with Crippen LogP contribution in [0.4, 0.5) is 4.39 Å². The minimum atomic E-state index is -0.963. The second-order valence-corrected chi connectivity index (χ2v) is 7.49. The van der Waals surface area contributed by atoms with Gasteiger partial charge in [0.1, 0.15) is 5.82 Å². The smallest absolute Gasteiger partial charge is 0.123 e. The summed E-state index contributed by atoms with van der Waals surface area (Å²) in [6.45, 7) is 0. The van der Waals surface area contributed by atoms with E-state index in [2.05, 4.69) is 6.07 Å². The van der Waals surface area contributed by atoms with Gasteiger partial charge in [0, 0.05) is 10.5 Å².